The smallest absolute Gasteiger partial charge is 0.317 e. The van der Waals surface area contributed by atoms with Crippen molar-refractivity contribution in [2.45, 2.75) is 13.3 Å². The average Bonchev–Trinajstić information content (AvgIpc) is 2.38. The van der Waals surface area contributed by atoms with Gasteiger partial charge in [-0.1, -0.05) is 17.9 Å². The second kappa shape index (κ2) is 7.22. The fourth-order valence-electron chi connectivity index (χ4n) is 1.42. The molecule has 0 saturated heterocycles. The number of carbonyl (C=O) groups is 2. The van der Waals surface area contributed by atoms with Gasteiger partial charge in [0.15, 0.2) is 0 Å². The highest BCUT2D eigenvalue weighted by Gasteiger charge is 2.07. The standard InChI is InChI=1S/C15H17NO3/c1-4-19-14(17)10-6-8-12-7-5-9-13(11-12)15(18)16(2)3/h5,7,9,11H,4,10H2,1-3H3. The number of amides is 1. The van der Waals surface area contributed by atoms with E-state index in [1.54, 1.807) is 45.3 Å². The molecule has 0 fully saturated rings. The van der Waals surface area contributed by atoms with Crippen LogP contribution in [0.3, 0.4) is 0 Å². The summed E-state index contributed by atoms with van der Waals surface area (Å²) in [5, 5.41) is 0. The van der Waals surface area contributed by atoms with E-state index in [1.165, 1.54) is 4.90 Å². The van der Waals surface area contributed by atoms with Gasteiger partial charge in [-0.25, -0.2) is 0 Å². The van der Waals surface area contributed by atoms with Gasteiger partial charge in [-0.15, -0.1) is 0 Å². The molecule has 0 saturated carbocycles. The topological polar surface area (TPSA) is 46.6 Å². The van der Waals surface area contributed by atoms with E-state index in [1.807, 2.05) is 0 Å². The molecule has 0 unspecified atom stereocenters. The van der Waals surface area contributed by atoms with Crippen LogP contribution < -0.4 is 0 Å². The maximum absolute atomic E-state index is 11.8. The van der Waals surface area contributed by atoms with Crippen molar-refractivity contribution < 1.29 is 14.3 Å². The van der Waals surface area contributed by atoms with E-state index in [0.717, 1.165) is 0 Å². The summed E-state index contributed by atoms with van der Waals surface area (Å²) in [5.41, 5.74) is 1.28. The number of ether oxygens (including phenoxy) is 1. The van der Waals surface area contributed by atoms with Crippen LogP contribution >= 0.6 is 0 Å². The Bertz CT molecular complexity index is 524. The van der Waals surface area contributed by atoms with Crippen LogP contribution in [-0.4, -0.2) is 37.5 Å². The molecule has 4 nitrogen and oxygen atoms in total. The van der Waals surface area contributed by atoms with E-state index >= 15 is 0 Å². The van der Waals surface area contributed by atoms with Gasteiger partial charge in [-0.3, -0.25) is 9.59 Å². The van der Waals surface area contributed by atoms with Crippen LogP contribution in [-0.2, 0) is 9.53 Å². The summed E-state index contributed by atoms with van der Waals surface area (Å²) >= 11 is 0. The molecule has 100 valence electrons. The predicted octanol–water partition coefficient (Wildman–Crippen LogP) is 1.69. The van der Waals surface area contributed by atoms with Gasteiger partial charge < -0.3 is 9.64 Å². The molecule has 4 heteroatoms. The highest BCUT2D eigenvalue weighted by Crippen LogP contribution is 2.06. The Balaban J connectivity index is 2.75. The van der Waals surface area contributed by atoms with Gasteiger partial charge in [0.25, 0.3) is 5.91 Å². The number of benzene rings is 1. The molecule has 0 N–H and O–H groups in total. The van der Waals surface area contributed by atoms with Crippen LogP contribution in [0.2, 0.25) is 0 Å². The first-order valence-corrected chi connectivity index (χ1v) is 6.00. The van der Waals surface area contributed by atoms with E-state index in [4.69, 9.17) is 4.74 Å². The van der Waals surface area contributed by atoms with Crippen molar-refractivity contribution in [2.75, 3.05) is 20.7 Å². The zero-order valence-electron chi connectivity index (χ0n) is 11.4. The number of rotatable bonds is 3. The van der Waals surface area contributed by atoms with Gasteiger partial charge in [-0.05, 0) is 25.1 Å². The van der Waals surface area contributed by atoms with Crippen LogP contribution in [0.15, 0.2) is 24.3 Å². The highest BCUT2D eigenvalue weighted by molar-refractivity contribution is 5.94. The first kappa shape index (κ1) is 14.8. The molecule has 0 heterocycles. The minimum absolute atomic E-state index is 0.0553. The van der Waals surface area contributed by atoms with Crippen molar-refractivity contribution in [2.24, 2.45) is 0 Å². The lowest BCUT2D eigenvalue weighted by Crippen LogP contribution is -2.21. The molecular weight excluding hydrogens is 242 g/mol. The van der Waals surface area contributed by atoms with Crippen molar-refractivity contribution in [3.63, 3.8) is 0 Å². The van der Waals surface area contributed by atoms with E-state index in [9.17, 15) is 9.59 Å². The Morgan fingerprint density at radius 2 is 2.05 bits per heavy atom. The quantitative estimate of drug-likeness (QED) is 0.613. The maximum atomic E-state index is 11.8. The summed E-state index contributed by atoms with van der Waals surface area (Å²) in [4.78, 5) is 24.4. The molecule has 0 radical (unpaired) electrons. The summed E-state index contributed by atoms with van der Waals surface area (Å²) in [6, 6.07) is 7.01. The van der Waals surface area contributed by atoms with Crippen LogP contribution in [0.25, 0.3) is 0 Å². The van der Waals surface area contributed by atoms with Crippen molar-refractivity contribution in [1.82, 2.24) is 4.90 Å². The number of nitrogens with zero attached hydrogens (tertiary/aromatic N) is 1. The zero-order valence-corrected chi connectivity index (χ0v) is 11.4. The summed E-state index contributed by atoms with van der Waals surface area (Å²) in [6.45, 7) is 2.11. The number of hydrogen-bond donors (Lipinski definition) is 0. The lowest BCUT2D eigenvalue weighted by molar-refractivity contribution is -0.141. The number of hydrogen-bond acceptors (Lipinski definition) is 3. The third kappa shape index (κ3) is 4.84. The molecule has 1 aromatic rings. The summed E-state index contributed by atoms with van der Waals surface area (Å²) in [7, 11) is 3.39. The molecule has 1 rings (SSSR count). The Morgan fingerprint density at radius 1 is 1.32 bits per heavy atom. The van der Waals surface area contributed by atoms with Crippen molar-refractivity contribution in [1.29, 1.82) is 0 Å². The van der Waals surface area contributed by atoms with E-state index in [2.05, 4.69) is 11.8 Å². The molecular formula is C15H17NO3. The predicted molar refractivity (Wildman–Crippen MR) is 72.6 cm³/mol. The number of carbonyl (C=O) groups excluding carboxylic acids is 2. The van der Waals surface area contributed by atoms with Crippen LogP contribution in [0, 0.1) is 11.8 Å². The first-order chi connectivity index (χ1) is 9.04. The van der Waals surface area contributed by atoms with Gasteiger partial charge >= 0.3 is 5.97 Å². The highest BCUT2D eigenvalue weighted by atomic mass is 16.5. The zero-order chi connectivity index (χ0) is 14.3. The van der Waals surface area contributed by atoms with Gasteiger partial charge in [0.1, 0.15) is 6.42 Å². The molecule has 0 aliphatic carbocycles. The monoisotopic (exact) mass is 259 g/mol. The SMILES string of the molecule is CCOC(=O)CC#Cc1cccc(C(=O)N(C)C)c1. The summed E-state index contributed by atoms with van der Waals surface area (Å²) < 4.78 is 4.77. The first-order valence-electron chi connectivity index (χ1n) is 6.00. The van der Waals surface area contributed by atoms with Crippen LogP contribution in [0.5, 0.6) is 0 Å². The van der Waals surface area contributed by atoms with Gasteiger partial charge in [0, 0.05) is 25.2 Å². The number of esters is 1. The molecule has 1 amide bonds. The van der Waals surface area contributed by atoms with Crippen molar-refractivity contribution in [3.8, 4) is 11.8 Å². The molecule has 0 aromatic heterocycles. The lowest BCUT2D eigenvalue weighted by Gasteiger charge is -2.09. The third-order valence-corrected chi connectivity index (χ3v) is 2.29. The van der Waals surface area contributed by atoms with E-state index in [-0.39, 0.29) is 18.3 Å². The van der Waals surface area contributed by atoms with Crippen LogP contribution in [0.4, 0.5) is 0 Å². The Labute approximate surface area is 113 Å². The second-order valence-electron chi connectivity index (χ2n) is 4.06. The van der Waals surface area contributed by atoms with Crippen molar-refractivity contribution >= 4 is 11.9 Å². The van der Waals surface area contributed by atoms with Crippen LogP contribution in [0.1, 0.15) is 29.3 Å². The molecule has 19 heavy (non-hydrogen) atoms. The summed E-state index contributed by atoms with van der Waals surface area (Å²) in [5.74, 6) is 5.17. The lowest BCUT2D eigenvalue weighted by atomic mass is 10.1. The fourth-order valence-corrected chi connectivity index (χ4v) is 1.42. The van der Waals surface area contributed by atoms with Gasteiger partial charge in [0.2, 0.25) is 0 Å². The van der Waals surface area contributed by atoms with Gasteiger partial charge in [-0.2, -0.15) is 0 Å². The Kier molecular flexibility index (Phi) is 5.62. The second-order valence-corrected chi connectivity index (χ2v) is 4.06. The molecule has 0 aliphatic rings. The minimum atomic E-state index is -0.337. The maximum Gasteiger partial charge on any atom is 0.317 e. The molecule has 0 aliphatic heterocycles. The Hall–Kier alpha value is -2.28. The normalized spacial score (nSPS) is 9.21. The molecule has 0 bridgehead atoms. The third-order valence-electron chi connectivity index (χ3n) is 2.29. The van der Waals surface area contributed by atoms with E-state index in [0.29, 0.717) is 17.7 Å². The average molecular weight is 259 g/mol. The summed E-state index contributed by atoms with van der Waals surface area (Å²) in [6.07, 6.45) is 0.0553. The fraction of sp³-hybridized carbons (Fsp3) is 0.333. The van der Waals surface area contributed by atoms with E-state index < -0.39 is 0 Å². The molecule has 0 spiro atoms. The Morgan fingerprint density at radius 3 is 2.68 bits per heavy atom. The molecule has 1 aromatic carbocycles. The minimum Gasteiger partial charge on any atom is -0.465 e. The molecule has 0 atom stereocenters. The largest absolute Gasteiger partial charge is 0.465 e. The van der Waals surface area contributed by atoms with Gasteiger partial charge in [0.05, 0.1) is 6.61 Å². The van der Waals surface area contributed by atoms with Crippen molar-refractivity contribution in [3.05, 3.63) is 35.4 Å².